The van der Waals surface area contributed by atoms with Crippen LogP contribution in [0.4, 0.5) is 0 Å². The Morgan fingerprint density at radius 3 is 3.33 bits per heavy atom. The first kappa shape index (κ1) is 10.6. The fourth-order valence-electron chi connectivity index (χ4n) is 2.16. The van der Waals surface area contributed by atoms with Crippen molar-refractivity contribution in [2.45, 2.75) is 32.4 Å². The van der Waals surface area contributed by atoms with E-state index in [1.54, 1.807) is 6.26 Å². The summed E-state index contributed by atoms with van der Waals surface area (Å²) in [5.41, 5.74) is 1.04. The van der Waals surface area contributed by atoms with E-state index in [0.717, 1.165) is 31.9 Å². The first-order chi connectivity index (χ1) is 7.40. The highest BCUT2D eigenvalue weighted by atomic mass is 16.5. The van der Waals surface area contributed by atoms with E-state index < -0.39 is 0 Å². The molecule has 1 atom stereocenters. The zero-order chi connectivity index (χ0) is 10.5. The van der Waals surface area contributed by atoms with Crippen LogP contribution in [0.25, 0.3) is 0 Å². The zero-order valence-corrected chi connectivity index (χ0v) is 9.28. The highest BCUT2D eigenvalue weighted by Crippen LogP contribution is 2.12. The highest BCUT2D eigenvalue weighted by Gasteiger charge is 2.21. The zero-order valence-electron chi connectivity index (χ0n) is 9.28. The lowest BCUT2D eigenvalue weighted by molar-refractivity contribution is 0.141. The van der Waals surface area contributed by atoms with Crippen LogP contribution in [0.5, 0.6) is 0 Å². The van der Waals surface area contributed by atoms with Gasteiger partial charge in [-0.15, -0.1) is 0 Å². The Hall–Kier alpha value is -0.870. The molecule has 2 rings (SSSR count). The number of hydrogen-bond acceptors (Lipinski definition) is 4. The maximum atomic E-state index is 4.86. The average molecular weight is 209 g/mol. The van der Waals surface area contributed by atoms with Crippen molar-refractivity contribution >= 4 is 0 Å². The van der Waals surface area contributed by atoms with Gasteiger partial charge < -0.3 is 9.84 Å². The molecule has 1 aromatic heterocycles. The molecule has 0 aliphatic carbocycles. The van der Waals surface area contributed by atoms with Crippen molar-refractivity contribution in [3.05, 3.63) is 18.0 Å². The molecule has 1 fully saturated rings. The summed E-state index contributed by atoms with van der Waals surface area (Å²) in [5, 5.41) is 7.41. The quantitative estimate of drug-likeness (QED) is 0.810. The van der Waals surface area contributed by atoms with Gasteiger partial charge in [0.15, 0.2) is 0 Å². The van der Waals surface area contributed by atoms with E-state index in [1.807, 2.05) is 6.07 Å². The van der Waals surface area contributed by atoms with Crippen molar-refractivity contribution in [2.24, 2.45) is 0 Å². The lowest BCUT2D eigenvalue weighted by Crippen LogP contribution is -2.50. The van der Waals surface area contributed by atoms with E-state index >= 15 is 0 Å². The van der Waals surface area contributed by atoms with Gasteiger partial charge in [-0.1, -0.05) is 18.5 Å². The van der Waals surface area contributed by atoms with E-state index in [9.17, 15) is 0 Å². The van der Waals surface area contributed by atoms with Crippen LogP contribution in [-0.4, -0.2) is 35.7 Å². The summed E-state index contributed by atoms with van der Waals surface area (Å²) in [4.78, 5) is 2.50. The van der Waals surface area contributed by atoms with Crippen molar-refractivity contribution in [3.63, 3.8) is 0 Å². The van der Waals surface area contributed by atoms with Gasteiger partial charge >= 0.3 is 0 Å². The van der Waals surface area contributed by atoms with Crippen LogP contribution in [0.3, 0.4) is 0 Å². The van der Waals surface area contributed by atoms with E-state index in [-0.39, 0.29) is 0 Å². The summed E-state index contributed by atoms with van der Waals surface area (Å²) in [6, 6.07) is 2.60. The number of rotatable bonds is 4. The number of aromatic nitrogens is 1. The Balaban J connectivity index is 1.92. The molecule has 1 unspecified atom stereocenters. The summed E-state index contributed by atoms with van der Waals surface area (Å²) < 4.78 is 4.86. The minimum absolute atomic E-state index is 0.653. The molecule has 0 saturated carbocycles. The largest absolute Gasteiger partial charge is 0.364 e. The monoisotopic (exact) mass is 209 g/mol. The average Bonchev–Trinajstić information content (AvgIpc) is 2.74. The third-order valence-electron chi connectivity index (χ3n) is 2.95. The Morgan fingerprint density at radius 2 is 2.60 bits per heavy atom. The Bertz CT molecular complexity index is 271. The maximum Gasteiger partial charge on any atom is 0.124 e. The number of nitrogens with one attached hydrogen (secondary N) is 1. The molecule has 1 saturated heterocycles. The SMILES string of the molecule is CCCC1CNCCN1Cc1ccon1. The van der Waals surface area contributed by atoms with Crippen molar-refractivity contribution < 1.29 is 4.52 Å². The van der Waals surface area contributed by atoms with Crippen LogP contribution in [0.15, 0.2) is 16.9 Å². The molecule has 0 bridgehead atoms. The molecule has 0 aromatic carbocycles. The van der Waals surface area contributed by atoms with Crippen LogP contribution < -0.4 is 5.32 Å². The van der Waals surface area contributed by atoms with Gasteiger partial charge in [0.1, 0.15) is 6.26 Å². The summed E-state index contributed by atoms with van der Waals surface area (Å²) in [5.74, 6) is 0. The van der Waals surface area contributed by atoms with E-state index in [0.29, 0.717) is 6.04 Å². The molecule has 1 aromatic rings. The summed E-state index contributed by atoms with van der Waals surface area (Å²) in [6.07, 6.45) is 4.14. The van der Waals surface area contributed by atoms with Gasteiger partial charge in [0.05, 0.1) is 5.69 Å². The van der Waals surface area contributed by atoms with Crippen LogP contribution in [-0.2, 0) is 6.54 Å². The molecule has 0 radical (unpaired) electrons. The van der Waals surface area contributed by atoms with Crippen molar-refractivity contribution in [1.29, 1.82) is 0 Å². The van der Waals surface area contributed by atoms with Crippen molar-refractivity contribution in [1.82, 2.24) is 15.4 Å². The fraction of sp³-hybridized carbons (Fsp3) is 0.727. The predicted molar refractivity (Wildman–Crippen MR) is 58.5 cm³/mol. The van der Waals surface area contributed by atoms with Crippen LogP contribution in [0.1, 0.15) is 25.5 Å². The second kappa shape index (κ2) is 5.28. The molecule has 4 heteroatoms. The molecular weight excluding hydrogens is 190 g/mol. The topological polar surface area (TPSA) is 41.3 Å². The highest BCUT2D eigenvalue weighted by molar-refractivity contribution is 4.96. The fourth-order valence-corrected chi connectivity index (χ4v) is 2.16. The van der Waals surface area contributed by atoms with Crippen LogP contribution in [0, 0.1) is 0 Å². The van der Waals surface area contributed by atoms with E-state index in [4.69, 9.17) is 4.52 Å². The molecule has 1 N–H and O–H groups in total. The van der Waals surface area contributed by atoms with Crippen LogP contribution >= 0.6 is 0 Å². The van der Waals surface area contributed by atoms with Gasteiger partial charge in [-0.3, -0.25) is 4.90 Å². The van der Waals surface area contributed by atoms with Gasteiger partial charge in [0.2, 0.25) is 0 Å². The van der Waals surface area contributed by atoms with Gasteiger partial charge in [-0.2, -0.15) is 0 Å². The second-order valence-corrected chi connectivity index (χ2v) is 4.11. The summed E-state index contributed by atoms with van der Waals surface area (Å²) in [7, 11) is 0. The summed E-state index contributed by atoms with van der Waals surface area (Å²) >= 11 is 0. The lowest BCUT2D eigenvalue weighted by atomic mass is 10.1. The number of piperazine rings is 1. The van der Waals surface area contributed by atoms with E-state index in [2.05, 4.69) is 22.3 Å². The molecule has 1 aliphatic rings. The minimum atomic E-state index is 0.653. The van der Waals surface area contributed by atoms with Crippen LogP contribution in [0.2, 0.25) is 0 Å². The third kappa shape index (κ3) is 2.79. The molecule has 4 nitrogen and oxygen atoms in total. The Morgan fingerprint density at radius 1 is 1.67 bits per heavy atom. The predicted octanol–water partition coefficient (Wildman–Crippen LogP) is 1.25. The first-order valence-corrected chi connectivity index (χ1v) is 5.74. The Labute approximate surface area is 90.6 Å². The first-order valence-electron chi connectivity index (χ1n) is 5.74. The van der Waals surface area contributed by atoms with E-state index in [1.165, 1.54) is 12.8 Å². The molecule has 0 spiro atoms. The Kier molecular flexibility index (Phi) is 3.75. The standard InChI is InChI=1S/C11H19N3O/c1-2-3-11-8-12-5-6-14(11)9-10-4-7-15-13-10/h4,7,11-12H,2-3,5-6,8-9H2,1H3. The van der Waals surface area contributed by atoms with Crippen molar-refractivity contribution in [3.8, 4) is 0 Å². The number of nitrogens with zero attached hydrogens (tertiary/aromatic N) is 2. The molecule has 0 amide bonds. The minimum Gasteiger partial charge on any atom is -0.364 e. The normalized spacial score (nSPS) is 23.1. The molecular formula is C11H19N3O. The van der Waals surface area contributed by atoms with Crippen molar-refractivity contribution in [2.75, 3.05) is 19.6 Å². The van der Waals surface area contributed by atoms with Gasteiger partial charge in [-0.05, 0) is 6.42 Å². The smallest absolute Gasteiger partial charge is 0.124 e. The molecule has 1 aliphatic heterocycles. The van der Waals surface area contributed by atoms with Gasteiger partial charge in [0, 0.05) is 38.3 Å². The molecule has 15 heavy (non-hydrogen) atoms. The maximum absolute atomic E-state index is 4.86. The molecule has 84 valence electrons. The summed E-state index contributed by atoms with van der Waals surface area (Å²) in [6.45, 7) is 6.45. The number of hydrogen-bond donors (Lipinski definition) is 1. The third-order valence-corrected chi connectivity index (χ3v) is 2.95. The second-order valence-electron chi connectivity index (χ2n) is 4.11. The molecule has 2 heterocycles. The lowest BCUT2D eigenvalue weighted by Gasteiger charge is -2.35. The van der Waals surface area contributed by atoms with Gasteiger partial charge in [0.25, 0.3) is 0 Å². The van der Waals surface area contributed by atoms with Gasteiger partial charge in [-0.25, -0.2) is 0 Å².